The maximum absolute atomic E-state index is 13.4. The van der Waals surface area contributed by atoms with Crippen molar-refractivity contribution in [2.75, 3.05) is 11.9 Å². The smallest absolute Gasteiger partial charge is 0.123 e. The van der Waals surface area contributed by atoms with Crippen molar-refractivity contribution >= 4 is 16.6 Å². The van der Waals surface area contributed by atoms with Crippen molar-refractivity contribution in [2.24, 2.45) is 0 Å². The van der Waals surface area contributed by atoms with E-state index in [1.807, 2.05) is 6.20 Å². The maximum atomic E-state index is 13.4. The monoisotopic (exact) mass is 280 g/mol. The molecule has 0 saturated carbocycles. The Labute approximate surface area is 123 Å². The molecule has 0 spiro atoms. The van der Waals surface area contributed by atoms with E-state index < -0.39 is 0 Å². The van der Waals surface area contributed by atoms with Crippen LogP contribution in [0.25, 0.3) is 10.9 Å². The number of hydrogen-bond acceptors (Lipinski definition) is 1. The fourth-order valence-corrected chi connectivity index (χ4v) is 3.30. The number of H-pyrrole nitrogens is 1. The minimum atomic E-state index is -0.170. The van der Waals surface area contributed by atoms with Crippen molar-refractivity contribution in [3.05, 3.63) is 65.6 Å². The van der Waals surface area contributed by atoms with Crippen LogP contribution in [0.3, 0.4) is 0 Å². The second kappa shape index (κ2) is 4.92. The van der Waals surface area contributed by atoms with Gasteiger partial charge in [0.05, 0.1) is 0 Å². The van der Waals surface area contributed by atoms with E-state index in [0.717, 1.165) is 30.3 Å². The fourth-order valence-electron chi connectivity index (χ4n) is 3.30. The Morgan fingerprint density at radius 2 is 2.05 bits per heavy atom. The molecule has 2 nitrogen and oxygen atoms in total. The van der Waals surface area contributed by atoms with E-state index in [0.29, 0.717) is 5.92 Å². The molecule has 2 heterocycles. The van der Waals surface area contributed by atoms with Gasteiger partial charge in [-0.15, -0.1) is 0 Å². The number of aromatic nitrogens is 1. The zero-order valence-corrected chi connectivity index (χ0v) is 11.7. The van der Waals surface area contributed by atoms with E-state index in [9.17, 15) is 4.39 Å². The molecule has 1 aliphatic heterocycles. The number of hydrogen-bond donors (Lipinski definition) is 2. The van der Waals surface area contributed by atoms with Crippen LogP contribution in [0.5, 0.6) is 0 Å². The number of aromatic amines is 1. The Bertz CT molecular complexity index is 791. The number of benzene rings is 2. The number of anilines is 1. The molecule has 2 aromatic carbocycles. The number of halogens is 1. The first kappa shape index (κ1) is 12.5. The summed E-state index contributed by atoms with van der Waals surface area (Å²) in [7, 11) is 0. The highest BCUT2D eigenvalue weighted by atomic mass is 19.1. The molecule has 1 unspecified atom stereocenters. The van der Waals surface area contributed by atoms with Gasteiger partial charge < -0.3 is 10.3 Å². The molecule has 0 aliphatic carbocycles. The van der Waals surface area contributed by atoms with Gasteiger partial charge in [0.15, 0.2) is 0 Å². The highest BCUT2D eigenvalue weighted by Crippen LogP contribution is 2.34. The number of fused-ring (bicyclic) bond motifs is 2. The van der Waals surface area contributed by atoms with Crippen LogP contribution in [-0.2, 0) is 6.42 Å². The van der Waals surface area contributed by atoms with Crippen molar-refractivity contribution in [2.45, 2.75) is 18.8 Å². The summed E-state index contributed by atoms with van der Waals surface area (Å²) in [4.78, 5) is 3.23. The summed E-state index contributed by atoms with van der Waals surface area (Å²) in [6.45, 7) is 0.996. The fraction of sp³-hybridized carbons (Fsp3) is 0.222. The van der Waals surface area contributed by atoms with Crippen molar-refractivity contribution in [3.63, 3.8) is 0 Å². The zero-order chi connectivity index (χ0) is 14.2. The largest absolute Gasteiger partial charge is 0.384 e. The summed E-state index contributed by atoms with van der Waals surface area (Å²) >= 11 is 0. The second-order valence-electron chi connectivity index (χ2n) is 5.71. The van der Waals surface area contributed by atoms with E-state index in [1.54, 1.807) is 12.1 Å². The van der Waals surface area contributed by atoms with Gasteiger partial charge in [0.1, 0.15) is 5.82 Å². The average Bonchev–Trinajstić information content (AvgIpc) is 3.09. The van der Waals surface area contributed by atoms with E-state index >= 15 is 0 Å². The molecule has 0 saturated heterocycles. The highest BCUT2D eigenvalue weighted by molar-refractivity contribution is 5.83. The quantitative estimate of drug-likeness (QED) is 0.729. The third kappa shape index (κ3) is 2.19. The van der Waals surface area contributed by atoms with Crippen molar-refractivity contribution in [3.8, 4) is 0 Å². The van der Waals surface area contributed by atoms with E-state index in [4.69, 9.17) is 0 Å². The Morgan fingerprint density at radius 3 is 3.00 bits per heavy atom. The number of rotatable bonds is 3. The first-order valence-corrected chi connectivity index (χ1v) is 7.39. The molecule has 4 rings (SSSR count). The van der Waals surface area contributed by atoms with Crippen LogP contribution in [0.4, 0.5) is 10.1 Å². The molecule has 106 valence electrons. The molecular formula is C18H17FN2. The standard InChI is InChI=1S/C18H17FN2/c19-14-7-8-18-16(9-14)13(11-21-18)6-5-12-10-20-17-4-2-1-3-15(12)17/h1-4,7-9,11-12,20-21H,5-6,10H2. The number of para-hydroxylation sites is 1. The van der Waals surface area contributed by atoms with Gasteiger partial charge in [0, 0.05) is 35.2 Å². The molecule has 0 radical (unpaired) electrons. The minimum absolute atomic E-state index is 0.170. The van der Waals surface area contributed by atoms with Gasteiger partial charge in [-0.3, -0.25) is 0 Å². The lowest BCUT2D eigenvalue weighted by Gasteiger charge is -2.09. The topological polar surface area (TPSA) is 27.8 Å². The van der Waals surface area contributed by atoms with Crippen LogP contribution < -0.4 is 5.32 Å². The van der Waals surface area contributed by atoms with Crippen LogP contribution in [0.15, 0.2) is 48.7 Å². The van der Waals surface area contributed by atoms with Crippen LogP contribution in [0, 0.1) is 5.82 Å². The lowest BCUT2D eigenvalue weighted by Crippen LogP contribution is -2.03. The van der Waals surface area contributed by atoms with Crippen LogP contribution >= 0.6 is 0 Å². The Kier molecular flexibility index (Phi) is 2.92. The van der Waals surface area contributed by atoms with E-state index in [1.165, 1.54) is 22.9 Å². The molecular weight excluding hydrogens is 263 g/mol. The van der Waals surface area contributed by atoms with Crippen LogP contribution in [0.2, 0.25) is 0 Å². The molecule has 0 fully saturated rings. The lowest BCUT2D eigenvalue weighted by molar-refractivity contribution is 0.629. The van der Waals surface area contributed by atoms with Gasteiger partial charge in [0.2, 0.25) is 0 Å². The predicted octanol–water partition coefficient (Wildman–Crippen LogP) is 4.45. The third-order valence-corrected chi connectivity index (χ3v) is 4.43. The second-order valence-corrected chi connectivity index (χ2v) is 5.71. The maximum Gasteiger partial charge on any atom is 0.123 e. The Balaban J connectivity index is 1.56. The summed E-state index contributed by atoms with van der Waals surface area (Å²) < 4.78 is 13.4. The van der Waals surface area contributed by atoms with Gasteiger partial charge in [-0.25, -0.2) is 4.39 Å². The summed E-state index contributed by atoms with van der Waals surface area (Å²) in [5, 5.41) is 4.47. The molecule has 0 bridgehead atoms. The molecule has 2 N–H and O–H groups in total. The van der Waals surface area contributed by atoms with Crippen LogP contribution in [0.1, 0.15) is 23.5 Å². The summed E-state index contributed by atoms with van der Waals surface area (Å²) in [6.07, 6.45) is 4.05. The Hall–Kier alpha value is -2.29. The molecule has 21 heavy (non-hydrogen) atoms. The molecule has 1 aromatic heterocycles. The predicted molar refractivity (Wildman–Crippen MR) is 84.3 cm³/mol. The summed E-state index contributed by atoms with van der Waals surface area (Å²) in [5.74, 6) is 0.371. The molecule has 3 heteroatoms. The zero-order valence-electron chi connectivity index (χ0n) is 11.7. The van der Waals surface area contributed by atoms with Gasteiger partial charge >= 0.3 is 0 Å². The minimum Gasteiger partial charge on any atom is -0.384 e. The van der Waals surface area contributed by atoms with Crippen molar-refractivity contribution < 1.29 is 4.39 Å². The molecule has 1 atom stereocenters. The average molecular weight is 280 g/mol. The lowest BCUT2D eigenvalue weighted by atomic mass is 9.94. The first-order valence-electron chi connectivity index (χ1n) is 7.39. The normalized spacial score (nSPS) is 16.9. The Morgan fingerprint density at radius 1 is 1.14 bits per heavy atom. The number of aryl methyl sites for hydroxylation is 1. The molecule has 3 aromatic rings. The van der Waals surface area contributed by atoms with E-state index in [-0.39, 0.29) is 5.82 Å². The number of nitrogens with one attached hydrogen (secondary N) is 2. The van der Waals surface area contributed by atoms with Crippen LogP contribution in [-0.4, -0.2) is 11.5 Å². The summed E-state index contributed by atoms with van der Waals surface area (Å²) in [5.41, 5.74) is 4.88. The van der Waals surface area contributed by atoms with Crippen molar-refractivity contribution in [1.82, 2.24) is 4.98 Å². The molecule has 1 aliphatic rings. The third-order valence-electron chi connectivity index (χ3n) is 4.43. The van der Waals surface area contributed by atoms with E-state index in [2.05, 4.69) is 34.6 Å². The van der Waals surface area contributed by atoms with Gasteiger partial charge in [0.25, 0.3) is 0 Å². The summed E-state index contributed by atoms with van der Waals surface area (Å²) in [6, 6.07) is 13.4. The van der Waals surface area contributed by atoms with Gasteiger partial charge in [-0.05, 0) is 48.2 Å². The first-order chi connectivity index (χ1) is 10.3. The van der Waals surface area contributed by atoms with Gasteiger partial charge in [-0.2, -0.15) is 0 Å². The van der Waals surface area contributed by atoms with Crippen molar-refractivity contribution in [1.29, 1.82) is 0 Å². The van der Waals surface area contributed by atoms with Gasteiger partial charge in [-0.1, -0.05) is 18.2 Å². The SMILES string of the molecule is Fc1ccc2[nH]cc(CCC3CNc4ccccc43)c2c1. The highest BCUT2D eigenvalue weighted by Gasteiger charge is 2.21. The molecule has 0 amide bonds.